The monoisotopic (exact) mass is 541 g/mol. The molecule has 0 unspecified atom stereocenters. The Labute approximate surface area is 232 Å². The zero-order valence-electron chi connectivity index (χ0n) is 24.1. The first-order valence-corrected chi connectivity index (χ1v) is 20.4. The Morgan fingerprint density at radius 1 is 0.405 bits per heavy atom. The summed E-state index contributed by atoms with van der Waals surface area (Å²) in [6, 6.07) is 0. The first-order chi connectivity index (χ1) is 18.4. The van der Waals surface area contributed by atoms with E-state index in [2.05, 4.69) is 4.98 Å². The topological polar surface area (TPSA) is 15.8 Å². The highest BCUT2D eigenvalue weighted by molar-refractivity contribution is 7.58. The van der Waals surface area contributed by atoms with E-state index in [0.717, 1.165) is 22.6 Å². The van der Waals surface area contributed by atoms with Crippen molar-refractivity contribution in [2.45, 2.75) is 189 Å². The molecule has 37 heavy (non-hydrogen) atoms. The lowest BCUT2D eigenvalue weighted by atomic mass is 9.92. The normalized spacial score (nSPS) is 25.7. The van der Waals surface area contributed by atoms with Gasteiger partial charge in [-0.2, -0.15) is 0 Å². The van der Waals surface area contributed by atoms with Crippen molar-refractivity contribution in [1.82, 2.24) is 4.98 Å². The van der Waals surface area contributed by atoms with Crippen LogP contribution in [0.25, 0.3) is 0 Å². The molecule has 0 amide bonds. The van der Waals surface area contributed by atoms with Gasteiger partial charge in [0.05, 0.1) is 0 Å². The predicted octanol–water partition coefficient (Wildman–Crippen LogP) is 11.2. The highest BCUT2D eigenvalue weighted by atomic mass is 31.1. The number of fused-ring (bicyclic) bond motifs is 1. The summed E-state index contributed by atoms with van der Waals surface area (Å²) in [4.78, 5) is 4.34. The molecule has 0 spiro atoms. The lowest BCUT2D eigenvalue weighted by molar-refractivity contribution is 0.483. The Hall–Kier alpha value is 0.140. The molecule has 4 fully saturated rings. The van der Waals surface area contributed by atoms with E-state index >= 15 is 0 Å². The van der Waals surface area contributed by atoms with Crippen LogP contribution in [0.5, 0.6) is 0 Å². The van der Waals surface area contributed by atoms with E-state index in [4.69, 9.17) is 0 Å². The minimum atomic E-state index is 0.154. The fourth-order valence-corrected chi connectivity index (χ4v) is 16.9. The second-order valence-electron chi connectivity index (χ2n) is 13.8. The number of hydrogen-bond acceptors (Lipinski definition) is 0. The van der Waals surface area contributed by atoms with Gasteiger partial charge in [0.15, 0.2) is 0 Å². The molecule has 4 saturated carbocycles. The van der Waals surface area contributed by atoms with Gasteiger partial charge in [-0.05, 0) is 111 Å². The number of aromatic nitrogens is 1. The van der Waals surface area contributed by atoms with Crippen LogP contribution in [0.4, 0.5) is 0 Å². The number of H-pyrrole nitrogens is 1. The Kier molecular flexibility index (Phi) is 10.1. The Bertz CT molecular complexity index is 719. The molecule has 5 aliphatic rings. The molecule has 0 saturated heterocycles. The molecule has 6 rings (SSSR count). The SMILES string of the molecule is C1CCC(P(Cc2[nH]c(CP(C3CCCCC3)C3CCCCC3)c3c2CCCC3)C2CCCCC2)CC1. The van der Waals surface area contributed by atoms with Crippen molar-refractivity contribution < 1.29 is 0 Å². The first-order valence-electron chi connectivity index (χ1n) is 17.1. The van der Waals surface area contributed by atoms with Crippen molar-refractivity contribution in [2.24, 2.45) is 0 Å². The fourth-order valence-electron chi connectivity index (χ4n) is 9.30. The van der Waals surface area contributed by atoms with Gasteiger partial charge in [-0.15, -0.1) is 0 Å². The van der Waals surface area contributed by atoms with Gasteiger partial charge in [0, 0.05) is 23.7 Å². The zero-order chi connectivity index (χ0) is 24.9. The predicted molar refractivity (Wildman–Crippen MR) is 166 cm³/mol. The minimum Gasteiger partial charge on any atom is -0.361 e. The molecular weight excluding hydrogens is 484 g/mol. The summed E-state index contributed by atoms with van der Waals surface area (Å²) in [5.41, 5.74) is 11.6. The van der Waals surface area contributed by atoms with Crippen molar-refractivity contribution >= 4 is 15.8 Å². The molecule has 0 aliphatic heterocycles. The van der Waals surface area contributed by atoms with Crippen LogP contribution in [0.2, 0.25) is 0 Å². The maximum absolute atomic E-state index is 4.34. The van der Waals surface area contributed by atoms with Crippen LogP contribution < -0.4 is 0 Å². The van der Waals surface area contributed by atoms with Crippen LogP contribution in [0, 0.1) is 0 Å². The third-order valence-corrected chi connectivity index (χ3v) is 18.5. The van der Waals surface area contributed by atoms with Crippen molar-refractivity contribution in [2.75, 3.05) is 0 Å². The molecule has 1 aromatic heterocycles. The molecule has 1 heterocycles. The van der Waals surface area contributed by atoms with Crippen LogP contribution in [-0.4, -0.2) is 27.6 Å². The molecule has 1 nitrogen and oxygen atoms in total. The molecule has 0 aromatic carbocycles. The third-order valence-electron chi connectivity index (χ3n) is 11.4. The first kappa shape index (κ1) is 27.3. The Morgan fingerprint density at radius 2 is 0.703 bits per heavy atom. The number of aromatic amines is 1. The van der Waals surface area contributed by atoms with Crippen LogP contribution >= 0.6 is 15.8 Å². The summed E-state index contributed by atoms with van der Waals surface area (Å²) in [7, 11) is 0.309. The zero-order valence-corrected chi connectivity index (χ0v) is 25.9. The maximum Gasteiger partial charge on any atom is 0.0228 e. The fraction of sp³-hybridized carbons (Fsp3) is 0.882. The smallest absolute Gasteiger partial charge is 0.0228 e. The van der Waals surface area contributed by atoms with E-state index in [1.165, 1.54) is 115 Å². The highest BCUT2D eigenvalue weighted by Crippen LogP contribution is 2.60. The number of rotatable bonds is 8. The van der Waals surface area contributed by atoms with E-state index < -0.39 is 0 Å². The minimum absolute atomic E-state index is 0.154. The van der Waals surface area contributed by atoms with E-state index in [1.54, 1.807) is 62.8 Å². The lowest BCUT2D eigenvalue weighted by Gasteiger charge is -2.39. The molecule has 1 aromatic rings. The largest absolute Gasteiger partial charge is 0.361 e. The summed E-state index contributed by atoms with van der Waals surface area (Å²) in [5, 5.41) is 0. The Balaban J connectivity index is 1.26. The molecule has 0 radical (unpaired) electrons. The van der Waals surface area contributed by atoms with Crippen LogP contribution in [0.15, 0.2) is 0 Å². The molecule has 208 valence electrons. The van der Waals surface area contributed by atoms with Crippen LogP contribution in [0.3, 0.4) is 0 Å². The molecule has 5 aliphatic carbocycles. The van der Waals surface area contributed by atoms with Gasteiger partial charge < -0.3 is 4.98 Å². The van der Waals surface area contributed by atoms with Crippen molar-refractivity contribution in [3.05, 3.63) is 22.5 Å². The summed E-state index contributed by atoms with van der Waals surface area (Å²) in [6.07, 6.45) is 39.4. The van der Waals surface area contributed by atoms with E-state index in [-0.39, 0.29) is 15.8 Å². The van der Waals surface area contributed by atoms with Gasteiger partial charge >= 0.3 is 0 Å². The quantitative estimate of drug-likeness (QED) is 0.315. The van der Waals surface area contributed by atoms with Gasteiger partial charge in [-0.3, -0.25) is 0 Å². The summed E-state index contributed by atoms with van der Waals surface area (Å²) < 4.78 is 0. The molecule has 3 heteroatoms. The van der Waals surface area contributed by atoms with E-state index in [0.29, 0.717) is 0 Å². The number of hydrogen-bond donors (Lipinski definition) is 1. The second-order valence-corrected chi connectivity index (χ2v) is 19.4. The number of nitrogens with one attached hydrogen (secondary N) is 1. The van der Waals surface area contributed by atoms with Crippen molar-refractivity contribution in [1.29, 1.82) is 0 Å². The Morgan fingerprint density at radius 3 is 1.00 bits per heavy atom. The summed E-state index contributed by atoms with van der Waals surface area (Å²) in [5.74, 6) is 0. The molecule has 0 atom stereocenters. The van der Waals surface area contributed by atoms with Gasteiger partial charge in [0.2, 0.25) is 0 Å². The van der Waals surface area contributed by atoms with E-state index in [1.807, 2.05) is 11.1 Å². The van der Waals surface area contributed by atoms with E-state index in [9.17, 15) is 0 Å². The lowest BCUT2D eigenvalue weighted by Crippen LogP contribution is -2.22. The third kappa shape index (κ3) is 6.73. The summed E-state index contributed by atoms with van der Waals surface area (Å²) in [6.45, 7) is 0. The second kappa shape index (κ2) is 13.7. The van der Waals surface area contributed by atoms with Gasteiger partial charge in [-0.25, -0.2) is 0 Å². The van der Waals surface area contributed by atoms with Gasteiger partial charge in [-0.1, -0.05) is 92.9 Å². The van der Waals surface area contributed by atoms with Crippen molar-refractivity contribution in [3.8, 4) is 0 Å². The van der Waals surface area contributed by atoms with Crippen LogP contribution in [-0.2, 0) is 25.2 Å². The molecule has 1 N–H and O–H groups in total. The maximum atomic E-state index is 4.34. The average Bonchev–Trinajstić information content (AvgIpc) is 3.33. The van der Waals surface area contributed by atoms with Gasteiger partial charge in [0.1, 0.15) is 0 Å². The molecule has 0 bridgehead atoms. The summed E-state index contributed by atoms with van der Waals surface area (Å²) >= 11 is 0. The average molecular weight is 542 g/mol. The van der Waals surface area contributed by atoms with Gasteiger partial charge in [0.25, 0.3) is 0 Å². The molecular formula is C34H57NP2. The standard InChI is InChI=1S/C34H57NP2/c1-5-15-27(16-6-1)36(28-17-7-2-8-18-28)25-33-31-23-13-14-24-32(31)34(35-33)26-37(29-19-9-3-10-20-29)30-21-11-4-12-22-30/h27-30,35H,1-26H2. The van der Waals surface area contributed by atoms with Crippen molar-refractivity contribution in [3.63, 3.8) is 0 Å². The van der Waals surface area contributed by atoms with Crippen LogP contribution in [0.1, 0.15) is 164 Å². The highest BCUT2D eigenvalue weighted by Gasteiger charge is 2.35.